The fourth-order valence-electron chi connectivity index (χ4n) is 2.93. The molecule has 1 atom stereocenters. The minimum Gasteiger partial charge on any atom is -0.482 e. The lowest BCUT2D eigenvalue weighted by Gasteiger charge is -2.26. The third kappa shape index (κ3) is 4.68. The van der Waals surface area contributed by atoms with Gasteiger partial charge in [-0.1, -0.05) is 30.3 Å². The van der Waals surface area contributed by atoms with Gasteiger partial charge in [-0.3, -0.25) is 14.4 Å². The lowest BCUT2D eigenvalue weighted by molar-refractivity contribution is -0.136. The number of amides is 3. The number of nitrogens with zero attached hydrogens (tertiary/aromatic N) is 1. The summed E-state index contributed by atoms with van der Waals surface area (Å²) in [6.07, 6.45) is 1.54. The van der Waals surface area contributed by atoms with Crippen molar-refractivity contribution in [2.75, 3.05) is 23.9 Å². The second-order valence-electron chi connectivity index (χ2n) is 6.78. The molecule has 2 N–H and O–H groups in total. The molecule has 0 aromatic heterocycles. The van der Waals surface area contributed by atoms with Crippen molar-refractivity contribution in [3.05, 3.63) is 54.1 Å². The smallest absolute Gasteiger partial charge is 0.313 e. The summed E-state index contributed by atoms with van der Waals surface area (Å²) in [6, 6.07) is 14.7. The van der Waals surface area contributed by atoms with Gasteiger partial charge in [0.25, 0.3) is 5.91 Å². The molecular weight excluding hydrogens is 358 g/mol. The molecule has 0 bridgehead atoms. The Bertz CT molecular complexity index is 882. The number of anilines is 2. The van der Waals surface area contributed by atoms with Crippen LogP contribution in [0.4, 0.5) is 11.4 Å². The summed E-state index contributed by atoms with van der Waals surface area (Å²) in [5, 5.41) is 5.27. The first-order valence-corrected chi connectivity index (χ1v) is 9.13. The van der Waals surface area contributed by atoms with Crippen LogP contribution in [0.3, 0.4) is 0 Å². The van der Waals surface area contributed by atoms with Crippen LogP contribution in [-0.2, 0) is 20.8 Å². The molecule has 3 amide bonds. The Kier molecular flexibility index (Phi) is 5.93. The first-order chi connectivity index (χ1) is 13.4. The third-order valence-electron chi connectivity index (χ3n) is 4.60. The zero-order valence-corrected chi connectivity index (χ0v) is 15.9. The molecule has 1 unspecified atom stereocenters. The zero-order valence-electron chi connectivity index (χ0n) is 15.9. The van der Waals surface area contributed by atoms with E-state index in [2.05, 4.69) is 10.6 Å². The summed E-state index contributed by atoms with van der Waals surface area (Å²) in [4.78, 5) is 37.6. The molecule has 1 aliphatic heterocycles. The molecule has 0 aliphatic carbocycles. The lowest BCUT2D eigenvalue weighted by Crippen LogP contribution is -2.40. The van der Waals surface area contributed by atoms with Crippen molar-refractivity contribution < 1.29 is 19.1 Å². The number of rotatable bonds is 5. The summed E-state index contributed by atoms with van der Waals surface area (Å²) in [6.45, 7) is 1.85. The monoisotopic (exact) mass is 381 g/mol. The van der Waals surface area contributed by atoms with E-state index in [1.807, 2.05) is 37.3 Å². The predicted molar refractivity (Wildman–Crippen MR) is 106 cm³/mol. The molecule has 2 aromatic rings. The largest absolute Gasteiger partial charge is 0.482 e. The SMILES string of the molecule is CC(CCc1ccccc1)NC(=O)C(=O)Nc1ccc2c(c1)N(C)C(=O)CO2. The van der Waals surface area contributed by atoms with Crippen molar-refractivity contribution in [2.45, 2.75) is 25.8 Å². The number of carbonyl (C=O) groups is 3. The lowest BCUT2D eigenvalue weighted by atomic mass is 10.1. The fourth-order valence-corrected chi connectivity index (χ4v) is 2.93. The van der Waals surface area contributed by atoms with Gasteiger partial charge in [0.05, 0.1) is 5.69 Å². The number of hydrogen-bond donors (Lipinski definition) is 2. The third-order valence-corrected chi connectivity index (χ3v) is 4.60. The molecule has 0 radical (unpaired) electrons. The van der Waals surface area contributed by atoms with Crippen LogP contribution in [-0.4, -0.2) is 37.4 Å². The predicted octanol–water partition coefficient (Wildman–Crippen LogP) is 2.12. The summed E-state index contributed by atoms with van der Waals surface area (Å²) in [5.74, 6) is -1.07. The van der Waals surface area contributed by atoms with Crippen molar-refractivity contribution in [1.82, 2.24) is 5.32 Å². The molecule has 7 nitrogen and oxygen atoms in total. The van der Waals surface area contributed by atoms with Crippen molar-refractivity contribution in [3.8, 4) is 5.75 Å². The summed E-state index contributed by atoms with van der Waals surface area (Å²) < 4.78 is 5.35. The standard InChI is InChI=1S/C21H23N3O4/c1-14(8-9-15-6-4-3-5-7-15)22-20(26)21(27)23-16-10-11-18-17(12-16)24(2)19(25)13-28-18/h3-7,10-12,14H,8-9,13H2,1-2H3,(H,22,26)(H,23,27). The van der Waals surface area contributed by atoms with Gasteiger partial charge in [-0.15, -0.1) is 0 Å². The van der Waals surface area contributed by atoms with E-state index in [1.165, 1.54) is 10.5 Å². The van der Waals surface area contributed by atoms with Gasteiger partial charge in [-0.05, 0) is 43.5 Å². The van der Waals surface area contributed by atoms with E-state index in [1.54, 1.807) is 25.2 Å². The van der Waals surface area contributed by atoms with E-state index >= 15 is 0 Å². The van der Waals surface area contributed by atoms with Gasteiger partial charge in [-0.25, -0.2) is 0 Å². The Labute approximate surface area is 163 Å². The maximum Gasteiger partial charge on any atom is 0.313 e. The number of ether oxygens (including phenoxy) is 1. The number of fused-ring (bicyclic) bond motifs is 1. The van der Waals surface area contributed by atoms with Gasteiger partial charge in [0.15, 0.2) is 6.61 Å². The molecular formula is C21H23N3O4. The Morgan fingerprint density at radius 1 is 1.14 bits per heavy atom. The Hall–Kier alpha value is -3.35. The van der Waals surface area contributed by atoms with Crippen LogP contribution in [0.1, 0.15) is 18.9 Å². The van der Waals surface area contributed by atoms with Gasteiger partial charge in [0.1, 0.15) is 5.75 Å². The molecule has 1 aliphatic rings. The molecule has 0 saturated carbocycles. The van der Waals surface area contributed by atoms with Crippen LogP contribution in [0.2, 0.25) is 0 Å². The Morgan fingerprint density at radius 2 is 1.89 bits per heavy atom. The second kappa shape index (κ2) is 8.56. The van der Waals surface area contributed by atoms with Gasteiger partial charge >= 0.3 is 11.8 Å². The summed E-state index contributed by atoms with van der Waals surface area (Å²) in [7, 11) is 1.64. The Balaban J connectivity index is 1.54. The van der Waals surface area contributed by atoms with Crippen molar-refractivity contribution in [2.24, 2.45) is 0 Å². The highest BCUT2D eigenvalue weighted by molar-refractivity contribution is 6.39. The van der Waals surface area contributed by atoms with Crippen LogP contribution in [0.15, 0.2) is 48.5 Å². The maximum atomic E-state index is 12.2. The van der Waals surface area contributed by atoms with Gasteiger partial charge in [0.2, 0.25) is 0 Å². The highest BCUT2D eigenvalue weighted by atomic mass is 16.5. The second-order valence-corrected chi connectivity index (χ2v) is 6.78. The highest BCUT2D eigenvalue weighted by Gasteiger charge is 2.23. The molecule has 0 spiro atoms. The fraction of sp³-hybridized carbons (Fsp3) is 0.286. The minimum absolute atomic E-state index is 0.0154. The van der Waals surface area contributed by atoms with Crippen molar-refractivity contribution >= 4 is 29.1 Å². The highest BCUT2D eigenvalue weighted by Crippen LogP contribution is 2.33. The molecule has 0 fully saturated rings. The Morgan fingerprint density at radius 3 is 2.64 bits per heavy atom. The van der Waals surface area contributed by atoms with Crippen LogP contribution < -0.4 is 20.3 Å². The van der Waals surface area contributed by atoms with E-state index in [0.717, 1.165) is 12.8 Å². The van der Waals surface area contributed by atoms with Gasteiger partial charge in [-0.2, -0.15) is 0 Å². The number of aryl methyl sites for hydroxylation is 1. The number of nitrogens with one attached hydrogen (secondary N) is 2. The molecule has 2 aromatic carbocycles. The summed E-state index contributed by atoms with van der Waals surface area (Å²) in [5.41, 5.74) is 2.15. The first-order valence-electron chi connectivity index (χ1n) is 9.13. The van der Waals surface area contributed by atoms with Gasteiger partial charge in [0, 0.05) is 18.8 Å². The first kappa shape index (κ1) is 19.4. The zero-order chi connectivity index (χ0) is 20.1. The summed E-state index contributed by atoms with van der Waals surface area (Å²) >= 11 is 0. The van der Waals surface area contributed by atoms with E-state index in [-0.39, 0.29) is 18.6 Å². The van der Waals surface area contributed by atoms with Crippen LogP contribution in [0.25, 0.3) is 0 Å². The molecule has 0 saturated heterocycles. The molecule has 1 heterocycles. The topological polar surface area (TPSA) is 87.7 Å². The van der Waals surface area contributed by atoms with Crippen molar-refractivity contribution in [3.63, 3.8) is 0 Å². The minimum atomic E-state index is -0.753. The number of benzene rings is 2. The van der Waals surface area contributed by atoms with E-state index in [9.17, 15) is 14.4 Å². The maximum absolute atomic E-state index is 12.2. The molecule has 7 heteroatoms. The normalized spacial score (nSPS) is 13.9. The molecule has 146 valence electrons. The average Bonchev–Trinajstić information content (AvgIpc) is 2.70. The van der Waals surface area contributed by atoms with Crippen LogP contribution >= 0.6 is 0 Å². The van der Waals surface area contributed by atoms with Crippen LogP contribution in [0.5, 0.6) is 5.75 Å². The number of hydrogen-bond acceptors (Lipinski definition) is 4. The number of likely N-dealkylation sites (N-methyl/N-ethyl adjacent to an activating group) is 1. The van der Waals surface area contributed by atoms with E-state index in [4.69, 9.17) is 4.74 Å². The molecule has 28 heavy (non-hydrogen) atoms. The van der Waals surface area contributed by atoms with E-state index < -0.39 is 11.8 Å². The van der Waals surface area contributed by atoms with E-state index in [0.29, 0.717) is 17.1 Å². The quantitative estimate of drug-likeness (QED) is 0.777. The molecule has 3 rings (SSSR count). The van der Waals surface area contributed by atoms with Gasteiger partial charge < -0.3 is 20.3 Å². The van der Waals surface area contributed by atoms with Crippen LogP contribution in [0, 0.1) is 0 Å². The van der Waals surface area contributed by atoms with Crippen molar-refractivity contribution in [1.29, 1.82) is 0 Å². The number of carbonyl (C=O) groups excluding carboxylic acids is 3. The average molecular weight is 381 g/mol.